The summed E-state index contributed by atoms with van der Waals surface area (Å²) in [6.07, 6.45) is 0. The maximum Gasteiger partial charge on any atom is 0.238 e. The molecule has 2 heterocycles. The second kappa shape index (κ2) is 3.86. The van der Waals surface area contributed by atoms with Gasteiger partial charge in [0, 0.05) is 19.6 Å². The minimum Gasteiger partial charge on any atom is -0.353 e. The summed E-state index contributed by atoms with van der Waals surface area (Å²) in [5.74, 6) is 1.26. The van der Waals surface area contributed by atoms with E-state index in [-0.39, 0.29) is 11.9 Å². The summed E-state index contributed by atoms with van der Waals surface area (Å²) in [5, 5.41) is 6.24. The number of carbonyl (C=O) groups excluding carboxylic acids is 1. The van der Waals surface area contributed by atoms with Crippen molar-refractivity contribution in [1.82, 2.24) is 15.5 Å². The molecule has 0 aromatic carbocycles. The van der Waals surface area contributed by atoms with Gasteiger partial charge >= 0.3 is 0 Å². The summed E-state index contributed by atoms with van der Waals surface area (Å²) in [6, 6.07) is 0.0674. The highest BCUT2D eigenvalue weighted by atomic mass is 32.2. The van der Waals surface area contributed by atoms with Crippen molar-refractivity contribution in [1.29, 1.82) is 0 Å². The van der Waals surface area contributed by atoms with Crippen LogP contribution in [-0.2, 0) is 4.79 Å². The van der Waals surface area contributed by atoms with Crippen molar-refractivity contribution in [2.45, 2.75) is 18.5 Å². The number of nitrogens with zero attached hydrogens (tertiary/aromatic N) is 1. The van der Waals surface area contributed by atoms with Crippen LogP contribution in [0.3, 0.4) is 0 Å². The molecule has 0 aromatic rings. The minimum atomic E-state index is 0.0674. The number of thioether (sulfide) groups is 1. The number of hydrogen-bond acceptors (Lipinski definition) is 4. The lowest BCUT2D eigenvalue weighted by Crippen LogP contribution is -2.54. The first-order valence-electron chi connectivity index (χ1n) is 4.71. The third-order valence-corrected chi connectivity index (χ3v) is 3.57. The molecule has 0 radical (unpaired) electrons. The number of nitrogens with one attached hydrogen (secondary N) is 2. The van der Waals surface area contributed by atoms with Crippen LogP contribution in [0, 0.1) is 0 Å². The molecule has 2 N–H and O–H groups in total. The fraction of sp³-hybridized carbons (Fsp3) is 0.875. The molecule has 0 spiro atoms. The quantitative estimate of drug-likeness (QED) is 0.628. The maximum absolute atomic E-state index is 11.4. The van der Waals surface area contributed by atoms with Crippen LogP contribution >= 0.6 is 11.8 Å². The highest BCUT2D eigenvalue weighted by molar-refractivity contribution is 7.99. The second-order valence-electron chi connectivity index (χ2n) is 3.26. The molecular formula is C8H15N3OS. The van der Waals surface area contributed by atoms with E-state index < -0.39 is 0 Å². The van der Waals surface area contributed by atoms with Gasteiger partial charge in [0.05, 0.1) is 0 Å². The average Bonchev–Trinajstić information content (AvgIpc) is 2.51. The van der Waals surface area contributed by atoms with E-state index in [0.717, 1.165) is 25.4 Å². The van der Waals surface area contributed by atoms with Crippen LogP contribution in [0.1, 0.15) is 6.92 Å². The Morgan fingerprint density at radius 3 is 3.31 bits per heavy atom. The molecular weight excluding hydrogens is 186 g/mol. The number of piperazine rings is 1. The summed E-state index contributed by atoms with van der Waals surface area (Å²) in [7, 11) is 0. The number of carbonyl (C=O) groups is 1. The Morgan fingerprint density at radius 1 is 1.69 bits per heavy atom. The van der Waals surface area contributed by atoms with Gasteiger partial charge in [0.15, 0.2) is 0 Å². The third kappa shape index (κ3) is 1.68. The molecule has 0 aliphatic carbocycles. The molecule has 0 saturated carbocycles. The lowest BCUT2D eigenvalue weighted by molar-refractivity contribution is -0.127. The van der Waals surface area contributed by atoms with Gasteiger partial charge < -0.3 is 5.32 Å². The zero-order valence-corrected chi connectivity index (χ0v) is 8.56. The van der Waals surface area contributed by atoms with Crippen LogP contribution in [0.4, 0.5) is 0 Å². The predicted molar refractivity (Wildman–Crippen MR) is 53.4 cm³/mol. The summed E-state index contributed by atoms with van der Waals surface area (Å²) < 4.78 is 0. The molecule has 2 aliphatic heterocycles. The van der Waals surface area contributed by atoms with E-state index in [1.807, 2.05) is 11.8 Å². The van der Waals surface area contributed by atoms with Crippen LogP contribution in [0.5, 0.6) is 0 Å². The van der Waals surface area contributed by atoms with Gasteiger partial charge in [-0.1, -0.05) is 6.92 Å². The molecule has 13 heavy (non-hydrogen) atoms. The Labute approximate surface area is 82.4 Å². The van der Waals surface area contributed by atoms with Gasteiger partial charge in [0.1, 0.15) is 11.5 Å². The average molecular weight is 201 g/mol. The Kier molecular flexibility index (Phi) is 2.76. The first-order chi connectivity index (χ1) is 6.33. The first-order valence-corrected chi connectivity index (χ1v) is 5.76. The van der Waals surface area contributed by atoms with Crippen molar-refractivity contribution in [2.75, 3.05) is 25.4 Å². The van der Waals surface area contributed by atoms with Crippen molar-refractivity contribution >= 4 is 17.7 Å². The number of rotatable bonds is 2. The van der Waals surface area contributed by atoms with E-state index in [4.69, 9.17) is 0 Å². The van der Waals surface area contributed by atoms with Crippen LogP contribution in [-0.4, -0.2) is 47.7 Å². The fourth-order valence-corrected chi connectivity index (χ4v) is 2.84. The predicted octanol–water partition coefficient (Wildman–Crippen LogP) is -0.573. The van der Waals surface area contributed by atoms with Crippen LogP contribution in [0.15, 0.2) is 0 Å². The molecule has 2 aliphatic rings. The third-order valence-electron chi connectivity index (χ3n) is 2.48. The van der Waals surface area contributed by atoms with E-state index in [9.17, 15) is 4.79 Å². The molecule has 0 bridgehead atoms. The highest BCUT2D eigenvalue weighted by Gasteiger charge is 2.39. The zero-order valence-electron chi connectivity index (χ0n) is 7.75. The molecule has 4 nitrogen and oxygen atoms in total. The van der Waals surface area contributed by atoms with Gasteiger partial charge in [0.2, 0.25) is 5.91 Å². The number of fused-ring (bicyclic) bond motifs is 1. The van der Waals surface area contributed by atoms with Crippen molar-refractivity contribution < 1.29 is 4.79 Å². The van der Waals surface area contributed by atoms with Crippen molar-refractivity contribution in [2.24, 2.45) is 0 Å². The summed E-state index contributed by atoms with van der Waals surface area (Å²) in [5.41, 5.74) is 0.348. The Bertz CT molecular complexity index is 212. The topological polar surface area (TPSA) is 44.4 Å². The Morgan fingerprint density at radius 2 is 2.54 bits per heavy atom. The minimum absolute atomic E-state index is 0.0674. The highest BCUT2D eigenvalue weighted by Crippen LogP contribution is 2.22. The van der Waals surface area contributed by atoms with Gasteiger partial charge in [-0.05, 0) is 5.75 Å². The van der Waals surface area contributed by atoms with Crippen LogP contribution in [0.25, 0.3) is 0 Å². The van der Waals surface area contributed by atoms with E-state index in [0.29, 0.717) is 5.50 Å². The SMILES string of the molecule is CCSC1NCC2C(=O)NCCN12. The normalized spacial score (nSPS) is 34.4. The number of amides is 1. The van der Waals surface area contributed by atoms with E-state index in [1.165, 1.54) is 0 Å². The van der Waals surface area contributed by atoms with Gasteiger partial charge in [-0.25, -0.2) is 0 Å². The molecule has 0 aromatic heterocycles. The van der Waals surface area contributed by atoms with Crippen molar-refractivity contribution in [3.8, 4) is 0 Å². The summed E-state index contributed by atoms with van der Waals surface area (Å²) in [6.45, 7) is 4.70. The van der Waals surface area contributed by atoms with E-state index in [2.05, 4.69) is 22.5 Å². The summed E-state index contributed by atoms with van der Waals surface area (Å²) in [4.78, 5) is 13.7. The molecule has 2 atom stereocenters. The van der Waals surface area contributed by atoms with Crippen LogP contribution in [0.2, 0.25) is 0 Å². The first kappa shape index (κ1) is 9.30. The van der Waals surface area contributed by atoms with Gasteiger partial charge in [-0.2, -0.15) is 0 Å². The Balaban J connectivity index is 2.01. The largest absolute Gasteiger partial charge is 0.353 e. The molecule has 74 valence electrons. The second-order valence-corrected chi connectivity index (χ2v) is 4.62. The fourth-order valence-electron chi connectivity index (χ4n) is 1.87. The lowest BCUT2D eigenvalue weighted by atomic mass is 10.2. The monoisotopic (exact) mass is 201 g/mol. The van der Waals surface area contributed by atoms with Crippen LogP contribution < -0.4 is 10.6 Å². The van der Waals surface area contributed by atoms with E-state index in [1.54, 1.807) is 0 Å². The zero-order chi connectivity index (χ0) is 9.26. The molecule has 2 rings (SSSR count). The van der Waals surface area contributed by atoms with Gasteiger partial charge in [-0.15, -0.1) is 11.8 Å². The van der Waals surface area contributed by atoms with Gasteiger partial charge in [0.25, 0.3) is 0 Å². The summed E-state index contributed by atoms with van der Waals surface area (Å²) >= 11 is 1.86. The molecule has 1 amide bonds. The molecule has 2 fully saturated rings. The Hall–Kier alpha value is -0.260. The lowest BCUT2D eigenvalue weighted by Gasteiger charge is -2.31. The van der Waals surface area contributed by atoms with E-state index >= 15 is 0 Å². The molecule has 2 saturated heterocycles. The molecule has 5 heteroatoms. The smallest absolute Gasteiger partial charge is 0.238 e. The van der Waals surface area contributed by atoms with Crippen molar-refractivity contribution in [3.05, 3.63) is 0 Å². The van der Waals surface area contributed by atoms with Gasteiger partial charge in [-0.3, -0.25) is 15.0 Å². The standard InChI is InChI=1S/C8H15N3OS/c1-2-13-8-10-5-6-7(12)9-3-4-11(6)8/h6,8,10H,2-5H2,1H3,(H,9,12). The maximum atomic E-state index is 11.4. The molecule has 2 unspecified atom stereocenters. The number of hydrogen-bond donors (Lipinski definition) is 2. The van der Waals surface area contributed by atoms with Crippen molar-refractivity contribution in [3.63, 3.8) is 0 Å².